The maximum atomic E-state index is 3.20. The largest absolute Gasteiger partial charge is 0.306 e. The molecule has 1 rings (SSSR count). The van der Waals surface area contributed by atoms with E-state index in [-0.39, 0.29) is 5.54 Å². The first kappa shape index (κ1) is 11.3. The Hall–Kier alpha value is -0.750. The van der Waals surface area contributed by atoms with Gasteiger partial charge in [0.1, 0.15) is 13.2 Å². The standard InChI is InChI=1S/C12H23N2/c1-11(2,3)9-12(4,5)14-8-7-13(6)10-14/h8H,9-10H2,1-6H3/q+1. The Morgan fingerprint density at radius 2 is 1.86 bits per heavy atom. The Labute approximate surface area is 87.9 Å². The van der Waals surface area contributed by atoms with Gasteiger partial charge in [-0.3, -0.25) is 0 Å². The van der Waals surface area contributed by atoms with Gasteiger partial charge in [-0.05, 0) is 25.7 Å². The molecule has 0 bridgehead atoms. The highest BCUT2D eigenvalue weighted by atomic mass is 15.3. The minimum Gasteiger partial charge on any atom is -0.306 e. The van der Waals surface area contributed by atoms with Crippen molar-refractivity contribution in [3.05, 3.63) is 6.20 Å². The van der Waals surface area contributed by atoms with E-state index in [0.717, 1.165) is 6.67 Å². The SMILES string of the molecule is C[N+]1=C=CN(C(C)(C)CC(C)(C)C)C1. The molecule has 0 aromatic heterocycles. The van der Waals surface area contributed by atoms with E-state index in [1.807, 2.05) is 0 Å². The van der Waals surface area contributed by atoms with Crippen molar-refractivity contribution >= 4 is 5.87 Å². The lowest BCUT2D eigenvalue weighted by Gasteiger charge is -2.38. The zero-order valence-electron chi connectivity index (χ0n) is 10.4. The van der Waals surface area contributed by atoms with Crippen LogP contribution in [-0.4, -0.2) is 34.6 Å². The highest BCUT2D eigenvalue weighted by Gasteiger charge is 2.33. The fraction of sp³-hybridized carbons (Fsp3) is 0.833. The van der Waals surface area contributed by atoms with Gasteiger partial charge in [0.25, 0.3) is 0 Å². The van der Waals surface area contributed by atoms with Crippen LogP contribution in [0.2, 0.25) is 0 Å². The highest BCUT2D eigenvalue weighted by molar-refractivity contribution is 5.46. The number of rotatable bonds is 2. The minimum absolute atomic E-state index is 0.218. The van der Waals surface area contributed by atoms with E-state index in [0.29, 0.717) is 5.41 Å². The average molecular weight is 195 g/mol. The monoisotopic (exact) mass is 195 g/mol. The molecule has 0 N–H and O–H groups in total. The summed E-state index contributed by atoms with van der Waals surface area (Å²) in [6.07, 6.45) is 3.26. The lowest BCUT2D eigenvalue weighted by molar-refractivity contribution is -0.506. The molecular formula is C12H23N2+. The van der Waals surface area contributed by atoms with Gasteiger partial charge in [0.2, 0.25) is 6.67 Å². The van der Waals surface area contributed by atoms with E-state index in [1.165, 1.54) is 6.42 Å². The predicted molar refractivity (Wildman–Crippen MR) is 60.6 cm³/mol. The molecule has 1 heterocycles. The van der Waals surface area contributed by atoms with Crippen molar-refractivity contribution in [2.75, 3.05) is 13.7 Å². The first-order chi connectivity index (χ1) is 6.21. The summed E-state index contributed by atoms with van der Waals surface area (Å²) in [5.74, 6) is 3.20. The molecule has 1 aliphatic rings. The smallest absolute Gasteiger partial charge is 0.228 e. The van der Waals surface area contributed by atoms with Gasteiger partial charge in [-0.1, -0.05) is 20.8 Å². The van der Waals surface area contributed by atoms with Crippen LogP contribution in [0.5, 0.6) is 0 Å². The maximum Gasteiger partial charge on any atom is 0.228 e. The first-order valence-corrected chi connectivity index (χ1v) is 5.28. The van der Waals surface area contributed by atoms with Gasteiger partial charge in [-0.2, -0.15) is 4.58 Å². The van der Waals surface area contributed by atoms with E-state index in [1.54, 1.807) is 0 Å². The topological polar surface area (TPSA) is 6.25 Å². The zero-order chi connectivity index (χ0) is 11.0. The van der Waals surface area contributed by atoms with Crippen molar-refractivity contribution in [2.24, 2.45) is 5.41 Å². The molecule has 0 fully saturated rings. The highest BCUT2D eigenvalue weighted by Crippen LogP contribution is 2.31. The van der Waals surface area contributed by atoms with Gasteiger partial charge in [0.05, 0.1) is 0 Å². The molecule has 0 radical (unpaired) electrons. The van der Waals surface area contributed by atoms with Gasteiger partial charge < -0.3 is 4.90 Å². The molecule has 0 aromatic rings. The molecule has 0 atom stereocenters. The Morgan fingerprint density at radius 3 is 2.21 bits per heavy atom. The van der Waals surface area contributed by atoms with Crippen molar-refractivity contribution in [2.45, 2.75) is 46.6 Å². The second-order valence-electron chi connectivity index (χ2n) is 6.12. The first-order valence-electron chi connectivity index (χ1n) is 5.28. The summed E-state index contributed by atoms with van der Waals surface area (Å²) in [4.78, 5) is 2.36. The summed E-state index contributed by atoms with van der Waals surface area (Å²) < 4.78 is 2.09. The number of nitrogens with zero attached hydrogens (tertiary/aromatic N) is 2. The van der Waals surface area contributed by atoms with Gasteiger partial charge >= 0.3 is 0 Å². The quantitative estimate of drug-likeness (QED) is 0.613. The van der Waals surface area contributed by atoms with Crippen LogP contribution in [0.15, 0.2) is 6.20 Å². The summed E-state index contributed by atoms with van der Waals surface area (Å²) in [7, 11) is 2.06. The van der Waals surface area contributed by atoms with Crippen LogP contribution in [0.1, 0.15) is 41.0 Å². The van der Waals surface area contributed by atoms with Crippen molar-refractivity contribution in [3.63, 3.8) is 0 Å². The third-order valence-corrected chi connectivity index (χ3v) is 2.54. The Balaban J connectivity index is 2.64. The average Bonchev–Trinajstić information content (AvgIpc) is 2.29. The van der Waals surface area contributed by atoms with Crippen molar-refractivity contribution in [3.8, 4) is 0 Å². The van der Waals surface area contributed by atoms with Gasteiger partial charge in [-0.25, -0.2) is 0 Å². The van der Waals surface area contributed by atoms with Crippen LogP contribution in [0.25, 0.3) is 0 Å². The second kappa shape index (κ2) is 3.43. The number of hydrogen-bond acceptors (Lipinski definition) is 1. The summed E-state index contributed by atoms with van der Waals surface area (Å²) in [5, 5.41) is 0. The Morgan fingerprint density at radius 1 is 1.29 bits per heavy atom. The zero-order valence-corrected chi connectivity index (χ0v) is 10.4. The Bertz CT molecular complexity index is 275. The van der Waals surface area contributed by atoms with E-state index < -0.39 is 0 Å². The minimum atomic E-state index is 0.218. The third kappa shape index (κ3) is 2.88. The molecular weight excluding hydrogens is 172 g/mol. The molecule has 0 spiro atoms. The molecule has 0 aromatic carbocycles. The van der Waals surface area contributed by atoms with Crippen LogP contribution in [0.4, 0.5) is 0 Å². The molecule has 2 nitrogen and oxygen atoms in total. The third-order valence-electron chi connectivity index (χ3n) is 2.54. The van der Waals surface area contributed by atoms with Gasteiger partial charge in [-0.15, -0.1) is 0 Å². The van der Waals surface area contributed by atoms with Crippen LogP contribution in [-0.2, 0) is 0 Å². The number of hydrogen-bond donors (Lipinski definition) is 0. The predicted octanol–water partition coefficient (Wildman–Crippen LogP) is 2.30. The lowest BCUT2D eigenvalue weighted by Crippen LogP contribution is -2.43. The molecule has 0 aliphatic carbocycles. The maximum absolute atomic E-state index is 3.20. The fourth-order valence-electron chi connectivity index (χ4n) is 2.24. The van der Waals surface area contributed by atoms with Crippen molar-refractivity contribution in [1.29, 1.82) is 0 Å². The molecule has 14 heavy (non-hydrogen) atoms. The molecule has 80 valence electrons. The van der Waals surface area contributed by atoms with Gasteiger partial charge in [0, 0.05) is 5.54 Å². The summed E-state index contributed by atoms with van der Waals surface area (Å²) in [6.45, 7) is 12.4. The van der Waals surface area contributed by atoms with Crippen LogP contribution >= 0.6 is 0 Å². The van der Waals surface area contributed by atoms with E-state index in [9.17, 15) is 0 Å². The summed E-state index contributed by atoms with van der Waals surface area (Å²) >= 11 is 0. The molecule has 2 heteroatoms. The molecule has 0 saturated carbocycles. The fourth-order valence-corrected chi connectivity index (χ4v) is 2.24. The lowest BCUT2D eigenvalue weighted by atomic mass is 9.81. The van der Waals surface area contributed by atoms with E-state index in [2.05, 4.69) is 63.2 Å². The van der Waals surface area contributed by atoms with Crippen molar-refractivity contribution < 1.29 is 4.58 Å². The van der Waals surface area contributed by atoms with Gasteiger partial charge in [0.15, 0.2) is 5.87 Å². The molecule has 1 aliphatic heterocycles. The molecule has 0 amide bonds. The van der Waals surface area contributed by atoms with Crippen molar-refractivity contribution in [1.82, 2.24) is 4.90 Å². The second-order valence-corrected chi connectivity index (χ2v) is 6.12. The normalized spacial score (nSPS) is 17.6. The Kier molecular flexibility index (Phi) is 2.78. The van der Waals surface area contributed by atoms with Crippen LogP contribution < -0.4 is 0 Å². The molecule has 0 unspecified atom stereocenters. The summed E-state index contributed by atoms with van der Waals surface area (Å²) in [5.41, 5.74) is 0.592. The molecule has 0 saturated heterocycles. The van der Waals surface area contributed by atoms with Crippen LogP contribution in [0.3, 0.4) is 0 Å². The van der Waals surface area contributed by atoms with Crippen LogP contribution in [0, 0.1) is 5.41 Å². The van der Waals surface area contributed by atoms with E-state index >= 15 is 0 Å². The summed E-state index contributed by atoms with van der Waals surface area (Å²) in [6, 6.07) is 0. The van der Waals surface area contributed by atoms with E-state index in [4.69, 9.17) is 0 Å².